The standard InChI is InChI=1S/C11H8Cl2N2O4S/c12-6-3-8(11(16)17)10(9(13)4-6)15-20(18,19)7-1-2-14-5-7/h1-5,14-15H,(H,16,17). The lowest BCUT2D eigenvalue weighted by Crippen LogP contribution is -2.15. The quantitative estimate of drug-likeness (QED) is 0.800. The molecule has 0 atom stereocenters. The lowest BCUT2D eigenvalue weighted by molar-refractivity contribution is 0.0698. The Morgan fingerprint density at radius 1 is 1.30 bits per heavy atom. The number of carbonyl (C=O) groups is 1. The van der Waals surface area contributed by atoms with Crippen LogP contribution in [0.5, 0.6) is 0 Å². The van der Waals surface area contributed by atoms with Gasteiger partial charge in [-0.15, -0.1) is 0 Å². The van der Waals surface area contributed by atoms with Crippen LogP contribution in [-0.4, -0.2) is 24.5 Å². The molecule has 1 aromatic heterocycles. The van der Waals surface area contributed by atoms with Crippen molar-refractivity contribution in [2.24, 2.45) is 0 Å². The average molecular weight is 335 g/mol. The fourth-order valence-electron chi connectivity index (χ4n) is 1.52. The number of halogens is 2. The maximum atomic E-state index is 12.1. The first-order valence-electron chi connectivity index (χ1n) is 5.19. The van der Waals surface area contributed by atoms with Crippen LogP contribution in [0.25, 0.3) is 0 Å². The van der Waals surface area contributed by atoms with Crippen molar-refractivity contribution in [1.29, 1.82) is 0 Å². The van der Waals surface area contributed by atoms with Gasteiger partial charge in [-0.05, 0) is 18.2 Å². The number of nitrogens with one attached hydrogen (secondary N) is 2. The summed E-state index contributed by atoms with van der Waals surface area (Å²) < 4.78 is 26.3. The molecular formula is C11H8Cl2N2O4S. The highest BCUT2D eigenvalue weighted by atomic mass is 35.5. The van der Waals surface area contributed by atoms with Crippen molar-refractivity contribution in [2.75, 3.05) is 4.72 Å². The number of H-pyrrole nitrogens is 1. The highest BCUT2D eigenvalue weighted by Gasteiger charge is 2.21. The molecular weight excluding hydrogens is 327 g/mol. The SMILES string of the molecule is O=C(O)c1cc(Cl)cc(Cl)c1NS(=O)(=O)c1cc[nH]c1. The topological polar surface area (TPSA) is 99.3 Å². The predicted molar refractivity (Wildman–Crippen MR) is 75.0 cm³/mol. The molecule has 1 aromatic carbocycles. The second-order valence-corrected chi connectivity index (χ2v) is 6.29. The van der Waals surface area contributed by atoms with Crippen LogP contribution in [0, 0.1) is 0 Å². The van der Waals surface area contributed by atoms with Crippen LogP contribution in [0.4, 0.5) is 5.69 Å². The Hall–Kier alpha value is -1.70. The number of aromatic carboxylic acids is 1. The van der Waals surface area contributed by atoms with Gasteiger partial charge >= 0.3 is 5.97 Å². The van der Waals surface area contributed by atoms with Crippen molar-refractivity contribution in [3.8, 4) is 0 Å². The average Bonchev–Trinajstić information content (AvgIpc) is 2.86. The number of anilines is 1. The van der Waals surface area contributed by atoms with Gasteiger partial charge in [0.05, 0.1) is 16.3 Å². The molecule has 0 fully saturated rings. The Balaban J connectivity index is 2.52. The molecule has 0 aliphatic heterocycles. The molecule has 0 saturated heterocycles. The van der Waals surface area contributed by atoms with Crippen LogP contribution in [0.3, 0.4) is 0 Å². The van der Waals surface area contributed by atoms with Gasteiger partial charge in [0.2, 0.25) is 0 Å². The van der Waals surface area contributed by atoms with Gasteiger partial charge in [-0.1, -0.05) is 23.2 Å². The maximum Gasteiger partial charge on any atom is 0.337 e. The lowest BCUT2D eigenvalue weighted by atomic mass is 10.2. The van der Waals surface area contributed by atoms with Gasteiger partial charge in [0, 0.05) is 17.4 Å². The lowest BCUT2D eigenvalue weighted by Gasteiger charge is -2.11. The summed E-state index contributed by atoms with van der Waals surface area (Å²) in [5, 5.41) is 9.08. The maximum absolute atomic E-state index is 12.1. The van der Waals surface area contributed by atoms with Crippen LogP contribution in [0.15, 0.2) is 35.5 Å². The van der Waals surface area contributed by atoms with Gasteiger partial charge in [0.15, 0.2) is 0 Å². The first-order chi connectivity index (χ1) is 9.31. The molecule has 0 spiro atoms. The van der Waals surface area contributed by atoms with Crippen molar-refractivity contribution in [1.82, 2.24) is 4.98 Å². The first-order valence-corrected chi connectivity index (χ1v) is 7.43. The first kappa shape index (κ1) is 14.7. The van der Waals surface area contributed by atoms with Crippen molar-refractivity contribution in [3.63, 3.8) is 0 Å². The molecule has 0 aliphatic carbocycles. The second kappa shape index (κ2) is 5.35. The number of hydrogen-bond acceptors (Lipinski definition) is 3. The Labute approximate surface area is 124 Å². The Morgan fingerprint density at radius 3 is 2.55 bits per heavy atom. The molecule has 106 valence electrons. The fourth-order valence-corrected chi connectivity index (χ4v) is 3.19. The Kier molecular flexibility index (Phi) is 3.94. The summed E-state index contributed by atoms with van der Waals surface area (Å²) in [5.74, 6) is -1.35. The summed E-state index contributed by atoms with van der Waals surface area (Å²) in [5.41, 5.74) is -0.564. The van der Waals surface area contributed by atoms with E-state index in [1.165, 1.54) is 24.5 Å². The molecule has 20 heavy (non-hydrogen) atoms. The third kappa shape index (κ3) is 2.90. The van der Waals surface area contributed by atoms with E-state index in [0.717, 1.165) is 6.07 Å². The molecule has 3 N–H and O–H groups in total. The molecule has 0 saturated carbocycles. The molecule has 2 rings (SSSR count). The number of aromatic amines is 1. The van der Waals surface area contributed by atoms with E-state index in [4.69, 9.17) is 28.3 Å². The molecule has 0 radical (unpaired) electrons. The van der Waals surface area contributed by atoms with E-state index >= 15 is 0 Å². The smallest absolute Gasteiger partial charge is 0.337 e. The third-order valence-electron chi connectivity index (χ3n) is 2.40. The van der Waals surface area contributed by atoms with E-state index in [-0.39, 0.29) is 26.2 Å². The Morgan fingerprint density at radius 2 is 2.00 bits per heavy atom. The van der Waals surface area contributed by atoms with E-state index in [0.29, 0.717) is 0 Å². The highest BCUT2D eigenvalue weighted by Crippen LogP contribution is 2.32. The largest absolute Gasteiger partial charge is 0.478 e. The number of carboxylic acids is 1. The van der Waals surface area contributed by atoms with E-state index in [9.17, 15) is 13.2 Å². The van der Waals surface area contributed by atoms with Gasteiger partial charge in [-0.2, -0.15) is 0 Å². The van der Waals surface area contributed by atoms with Crippen LogP contribution in [0.1, 0.15) is 10.4 Å². The van der Waals surface area contributed by atoms with Crippen LogP contribution in [-0.2, 0) is 10.0 Å². The number of aromatic nitrogens is 1. The minimum atomic E-state index is -3.93. The monoisotopic (exact) mass is 334 g/mol. The molecule has 0 aliphatic rings. The highest BCUT2D eigenvalue weighted by molar-refractivity contribution is 7.92. The predicted octanol–water partition coefficient (Wildman–Crippen LogP) is 2.82. The number of carboxylic acid groups (broad SMARTS) is 1. The second-order valence-electron chi connectivity index (χ2n) is 3.77. The minimum Gasteiger partial charge on any atom is -0.478 e. The molecule has 2 aromatic rings. The van der Waals surface area contributed by atoms with E-state index in [2.05, 4.69) is 9.71 Å². The van der Waals surface area contributed by atoms with Crippen molar-refractivity contribution in [2.45, 2.75) is 4.90 Å². The zero-order chi connectivity index (χ0) is 14.9. The molecule has 0 amide bonds. The van der Waals surface area contributed by atoms with Gasteiger partial charge in [0.25, 0.3) is 10.0 Å². The minimum absolute atomic E-state index is 0.0418. The Bertz CT molecular complexity index is 757. The molecule has 0 bridgehead atoms. The summed E-state index contributed by atoms with van der Waals surface area (Å²) in [4.78, 5) is 13.7. The third-order valence-corrected chi connectivity index (χ3v) is 4.27. The zero-order valence-electron chi connectivity index (χ0n) is 9.72. The van der Waals surface area contributed by atoms with Gasteiger partial charge in [-0.25, -0.2) is 13.2 Å². The van der Waals surface area contributed by atoms with Gasteiger partial charge < -0.3 is 10.1 Å². The molecule has 6 nitrogen and oxygen atoms in total. The van der Waals surface area contributed by atoms with Crippen LogP contribution in [0.2, 0.25) is 10.0 Å². The summed E-state index contributed by atoms with van der Waals surface area (Å²) in [7, 11) is -3.93. The summed E-state index contributed by atoms with van der Waals surface area (Å²) in [6.45, 7) is 0. The summed E-state index contributed by atoms with van der Waals surface area (Å²) in [6, 6.07) is 3.70. The number of hydrogen-bond donors (Lipinski definition) is 3. The van der Waals surface area contributed by atoms with Gasteiger partial charge in [-0.3, -0.25) is 4.72 Å². The van der Waals surface area contributed by atoms with Crippen molar-refractivity contribution >= 4 is 44.9 Å². The molecule has 0 unspecified atom stereocenters. The van der Waals surface area contributed by atoms with Crippen molar-refractivity contribution < 1.29 is 18.3 Å². The van der Waals surface area contributed by atoms with E-state index in [1.54, 1.807) is 0 Å². The van der Waals surface area contributed by atoms with E-state index in [1.807, 2.05) is 0 Å². The van der Waals surface area contributed by atoms with Crippen molar-refractivity contribution in [3.05, 3.63) is 46.2 Å². The normalized spacial score (nSPS) is 11.3. The number of benzene rings is 1. The fraction of sp³-hybridized carbons (Fsp3) is 0. The molecule has 9 heteroatoms. The molecule has 1 heterocycles. The summed E-state index contributed by atoms with van der Waals surface area (Å²) >= 11 is 11.6. The number of sulfonamides is 1. The number of rotatable bonds is 4. The van der Waals surface area contributed by atoms with E-state index < -0.39 is 16.0 Å². The van der Waals surface area contributed by atoms with Gasteiger partial charge in [0.1, 0.15) is 4.90 Å². The van der Waals surface area contributed by atoms with Crippen LogP contribution < -0.4 is 4.72 Å². The van der Waals surface area contributed by atoms with Crippen LogP contribution >= 0.6 is 23.2 Å². The summed E-state index contributed by atoms with van der Waals surface area (Å²) in [6.07, 6.45) is 2.68. The zero-order valence-corrected chi connectivity index (χ0v) is 12.1.